The molecular weight excluding hydrogens is 340 g/mol. The fraction of sp³-hybridized carbons (Fsp3) is 0.667. The summed E-state index contributed by atoms with van der Waals surface area (Å²) in [6.07, 6.45) is 1.22. The van der Waals surface area contributed by atoms with Crippen molar-refractivity contribution in [1.82, 2.24) is 15.5 Å². The van der Waals surface area contributed by atoms with Crippen LogP contribution in [0.5, 0.6) is 11.5 Å². The van der Waals surface area contributed by atoms with Gasteiger partial charge in [-0.25, -0.2) is 4.99 Å². The Kier molecular flexibility index (Phi) is 8.72. The Balaban J connectivity index is 1.94. The lowest BCUT2D eigenvalue weighted by molar-refractivity contribution is 0.217. The van der Waals surface area contributed by atoms with Crippen LogP contribution in [0.25, 0.3) is 0 Å². The van der Waals surface area contributed by atoms with Crippen molar-refractivity contribution in [2.75, 3.05) is 39.9 Å². The van der Waals surface area contributed by atoms with Crippen molar-refractivity contribution in [3.05, 3.63) is 23.8 Å². The van der Waals surface area contributed by atoms with Crippen LogP contribution in [0.1, 0.15) is 39.7 Å². The van der Waals surface area contributed by atoms with Crippen molar-refractivity contribution in [2.45, 2.75) is 46.7 Å². The Bertz CT molecular complexity index is 602. The quantitative estimate of drug-likeness (QED) is 0.459. The van der Waals surface area contributed by atoms with Gasteiger partial charge >= 0.3 is 0 Å². The van der Waals surface area contributed by atoms with Gasteiger partial charge < -0.3 is 25.0 Å². The Morgan fingerprint density at radius 2 is 1.96 bits per heavy atom. The Morgan fingerprint density at radius 1 is 1.22 bits per heavy atom. The highest BCUT2D eigenvalue weighted by atomic mass is 16.5. The van der Waals surface area contributed by atoms with Crippen molar-refractivity contribution in [3.63, 3.8) is 0 Å². The summed E-state index contributed by atoms with van der Waals surface area (Å²) in [4.78, 5) is 7.04. The molecule has 2 atom stereocenters. The molecule has 27 heavy (non-hydrogen) atoms. The summed E-state index contributed by atoms with van der Waals surface area (Å²) in [5.41, 5.74) is 1.10. The molecule has 0 aliphatic heterocycles. The van der Waals surface area contributed by atoms with E-state index in [1.807, 2.05) is 12.1 Å². The van der Waals surface area contributed by atoms with E-state index in [9.17, 15) is 0 Å². The lowest BCUT2D eigenvalue weighted by Crippen LogP contribution is -2.39. The number of guanidine groups is 1. The van der Waals surface area contributed by atoms with Crippen LogP contribution in [0.2, 0.25) is 0 Å². The van der Waals surface area contributed by atoms with E-state index in [4.69, 9.17) is 14.5 Å². The highest BCUT2D eigenvalue weighted by Gasteiger charge is 2.33. The fourth-order valence-corrected chi connectivity index (χ4v) is 2.94. The molecule has 0 saturated heterocycles. The topological polar surface area (TPSA) is 58.1 Å². The molecule has 0 heterocycles. The van der Waals surface area contributed by atoms with E-state index in [-0.39, 0.29) is 0 Å². The summed E-state index contributed by atoms with van der Waals surface area (Å²) >= 11 is 0. The van der Waals surface area contributed by atoms with Crippen LogP contribution >= 0.6 is 0 Å². The summed E-state index contributed by atoms with van der Waals surface area (Å²) in [7, 11) is 1.68. The zero-order chi connectivity index (χ0) is 19.6. The third-order valence-electron chi connectivity index (χ3n) is 4.98. The molecule has 6 nitrogen and oxygen atoms in total. The molecule has 1 aliphatic rings. The van der Waals surface area contributed by atoms with Crippen molar-refractivity contribution >= 4 is 5.96 Å². The van der Waals surface area contributed by atoms with Crippen LogP contribution in [0.3, 0.4) is 0 Å². The monoisotopic (exact) mass is 376 g/mol. The molecule has 1 fully saturated rings. The number of hydrogen-bond acceptors (Lipinski definition) is 4. The van der Waals surface area contributed by atoms with Gasteiger partial charge in [0.15, 0.2) is 17.5 Å². The van der Waals surface area contributed by atoms with Gasteiger partial charge in [-0.1, -0.05) is 26.8 Å². The highest BCUT2D eigenvalue weighted by Crippen LogP contribution is 2.29. The molecule has 0 aromatic heterocycles. The third kappa shape index (κ3) is 6.94. The van der Waals surface area contributed by atoms with Crippen molar-refractivity contribution in [2.24, 2.45) is 10.9 Å². The SMILES string of the molecule is CCNC(=NCc1ccc(OCCN(CC)CC)c(OC)c1)NC1CC1C. The van der Waals surface area contributed by atoms with E-state index in [2.05, 4.69) is 49.3 Å². The molecule has 2 N–H and O–H groups in total. The number of nitrogens with one attached hydrogen (secondary N) is 2. The van der Waals surface area contributed by atoms with E-state index in [1.165, 1.54) is 6.42 Å². The maximum Gasteiger partial charge on any atom is 0.191 e. The minimum absolute atomic E-state index is 0.555. The summed E-state index contributed by atoms with van der Waals surface area (Å²) in [6, 6.07) is 6.61. The number of nitrogens with zero attached hydrogens (tertiary/aromatic N) is 2. The zero-order valence-corrected chi connectivity index (χ0v) is 17.5. The van der Waals surface area contributed by atoms with E-state index >= 15 is 0 Å². The second-order valence-electron chi connectivity index (χ2n) is 7.02. The second-order valence-corrected chi connectivity index (χ2v) is 7.02. The first-order valence-electron chi connectivity index (χ1n) is 10.2. The number of hydrogen-bond donors (Lipinski definition) is 2. The van der Waals surface area contributed by atoms with Gasteiger partial charge in [-0.2, -0.15) is 0 Å². The summed E-state index contributed by atoms with van der Waals surface area (Å²) in [5, 5.41) is 6.79. The molecule has 0 amide bonds. The molecule has 1 aromatic carbocycles. The summed E-state index contributed by atoms with van der Waals surface area (Å²) in [5.74, 6) is 3.16. The zero-order valence-electron chi connectivity index (χ0n) is 17.5. The number of aliphatic imine (C=N–C) groups is 1. The van der Waals surface area contributed by atoms with Gasteiger partial charge in [0.05, 0.1) is 13.7 Å². The average Bonchev–Trinajstić information content (AvgIpc) is 3.38. The van der Waals surface area contributed by atoms with Crippen LogP contribution in [-0.2, 0) is 6.54 Å². The normalized spacial score (nSPS) is 19.1. The van der Waals surface area contributed by atoms with Crippen LogP contribution in [-0.4, -0.2) is 56.8 Å². The molecular formula is C21H36N4O2. The van der Waals surface area contributed by atoms with Gasteiger partial charge in [-0.3, -0.25) is 0 Å². The van der Waals surface area contributed by atoms with Crippen molar-refractivity contribution in [3.8, 4) is 11.5 Å². The highest BCUT2D eigenvalue weighted by molar-refractivity contribution is 5.80. The predicted molar refractivity (Wildman–Crippen MR) is 112 cm³/mol. The third-order valence-corrected chi connectivity index (χ3v) is 4.98. The summed E-state index contributed by atoms with van der Waals surface area (Å²) in [6.45, 7) is 13.8. The lowest BCUT2D eigenvalue weighted by atomic mass is 10.2. The van der Waals surface area contributed by atoms with E-state index < -0.39 is 0 Å². The fourth-order valence-electron chi connectivity index (χ4n) is 2.94. The molecule has 152 valence electrons. The Labute approximate surface area is 164 Å². The Morgan fingerprint density at radius 3 is 2.56 bits per heavy atom. The van der Waals surface area contributed by atoms with Gasteiger partial charge in [0.1, 0.15) is 6.61 Å². The molecule has 0 bridgehead atoms. The number of benzene rings is 1. The summed E-state index contributed by atoms with van der Waals surface area (Å²) < 4.78 is 11.4. The van der Waals surface area contributed by atoms with E-state index in [0.717, 1.165) is 55.1 Å². The predicted octanol–water partition coefficient (Wildman–Crippen LogP) is 2.88. The minimum Gasteiger partial charge on any atom is -0.493 e. The average molecular weight is 377 g/mol. The number of likely N-dealkylation sites (N-methyl/N-ethyl adjacent to an activating group) is 1. The van der Waals surface area contributed by atoms with Gasteiger partial charge in [-0.15, -0.1) is 0 Å². The van der Waals surface area contributed by atoms with Crippen LogP contribution < -0.4 is 20.1 Å². The molecule has 0 radical (unpaired) electrons. The molecule has 0 spiro atoms. The molecule has 1 aliphatic carbocycles. The van der Waals surface area contributed by atoms with Gasteiger partial charge in [-0.05, 0) is 50.0 Å². The first kappa shape index (κ1) is 21.4. The molecule has 6 heteroatoms. The standard InChI is InChI=1S/C21H36N4O2/c1-6-22-21(24-18-13-16(18)4)23-15-17-9-10-19(20(14-17)26-5)27-12-11-25(7-2)8-3/h9-10,14,16,18H,6-8,11-13,15H2,1-5H3,(H2,22,23,24). The minimum atomic E-state index is 0.555. The first-order valence-corrected chi connectivity index (χ1v) is 10.2. The van der Waals surface area contributed by atoms with Crippen LogP contribution in [0.4, 0.5) is 0 Å². The van der Waals surface area contributed by atoms with E-state index in [1.54, 1.807) is 7.11 Å². The lowest BCUT2D eigenvalue weighted by Gasteiger charge is -2.19. The molecule has 1 aromatic rings. The Hall–Kier alpha value is -1.95. The van der Waals surface area contributed by atoms with Crippen LogP contribution in [0, 0.1) is 5.92 Å². The largest absolute Gasteiger partial charge is 0.493 e. The second kappa shape index (κ2) is 11.0. The van der Waals surface area contributed by atoms with Crippen molar-refractivity contribution < 1.29 is 9.47 Å². The van der Waals surface area contributed by atoms with Gasteiger partial charge in [0.2, 0.25) is 0 Å². The maximum absolute atomic E-state index is 5.93. The van der Waals surface area contributed by atoms with E-state index in [0.29, 0.717) is 19.2 Å². The number of methoxy groups -OCH3 is 1. The molecule has 1 saturated carbocycles. The number of ether oxygens (including phenoxy) is 2. The molecule has 2 rings (SSSR count). The smallest absolute Gasteiger partial charge is 0.191 e. The van der Waals surface area contributed by atoms with Gasteiger partial charge in [0.25, 0.3) is 0 Å². The maximum atomic E-state index is 5.93. The van der Waals surface area contributed by atoms with Crippen LogP contribution in [0.15, 0.2) is 23.2 Å². The van der Waals surface area contributed by atoms with Gasteiger partial charge in [0, 0.05) is 19.1 Å². The molecule has 2 unspecified atom stereocenters. The first-order chi connectivity index (χ1) is 13.1. The number of rotatable bonds is 11. The van der Waals surface area contributed by atoms with Crippen molar-refractivity contribution in [1.29, 1.82) is 0 Å².